The van der Waals surface area contributed by atoms with E-state index >= 15 is 0 Å². The van der Waals surface area contributed by atoms with E-state index in [0.29, 0.717) is 19.5 Å². The molecule has 29 heavy (non-hydrogen) atoms. The fourth-order valence-electron chi connectivity index (χ4n) is 3.80. The van der Waals surface area contributed by atoms with Gasteiger partial charge in [0.05, 0.1) is 23.7 Å². The van der Waals surface area contributed by atoms with Gasteiger partial charge in [-0.25, -0.2) is 4.98 Å². The molecular formula is C21H26N4O3S. The van der Waals surface area contributed by atoms with Gasteiger partial charge in [0.2, 0.25) is 11.8 Å². The van der Waals surface area contributed by atoms with Crippen molar-refractivity contribution in [2.45, 2.75) is 25.7 Å². The summed E-state index contributed by atoms with van der Waals surface area (Å²) in [7, 11) is 0. The summed E-state index contributed by atoms with van der Waals surface area (Å²) in [6, 6.07) is 7.71. The van der Waals surface area contributed by atoms with Crippen molar-refractivity contribution in [1.82, 2.24) is 14.9 Å². The fourth-order valence-corrected chi connectivity index (χ4v) is 4.36. The first-order valence-corrected chi connectivity index (χ1v) is 11.1. The van der Waals surface area contributed by atoms with Gasteiger partial charge in [-0.05, 0) is 31.4 Å². The summed E-state index contributed by atoms with van der Waals surface area (Å²) < 4.78 is 0. The maximum atomic E-state index is 12.7. The van der Waals surface area contributed by atoms with Gasteiger partial charge in [0, 0.05) is 49.2 Å². The Kier molecular flexibility index (Phi) is 6.53. The molecule has 8 heteroatoms. The van der Waals surface area contributed by atoms with Crippen LogP contribution in [0.3, 0.4) is 0 Å². The number of piperidine rings is 1. The largest absolute Gasteiger partial charge is 0.342 e. The van der Waals surface area contributed by atoms with E-state index in [2.05, 4.69) is 10.3 Å². The van der Waals surface area contributed by atoms with E-state index in [9.17, 15) is 9.59 Å². The van der Waals surface area contributed by atoms with E-state index in [1.54, 1.807) is 16.8 Å². The van der Waals surface area contributed by atoms with Gasteiger partial charge < -0.3 is 10.2 Å². The molecule has 3 heterocycles. The average Bonchev–Trinajstić information content (AvgIpc) is 3.47. The van der Waals surface area contributed by atoms with Gasteiger partial charge in [-0.3, -0.25) is 14.4 Å². The van der Waals surface area contributed by atoms with Crippen LogP contribution in [0.15, 0.2) is 35.2 Å². The van der Waals surface area contributed by atoms with Crippen LogP contribution < -0.4 is 5.32 Å². The molecule has 2 amide bonds. The molecule has 2 aliphatic rings. The number of hydrogen-bond donors (Lipinski definition) is 1. The van der Waals surface area contributed by atoms with Crippen LogP contribution >= 0.6 is 11.3 Å². The van der Waals surface area contributed by atoms with Crippen LogP contribution in [-0.4, -0.2) is 59.5 Å². The fraction of sp³-hybridized carbons (Fsp3) is 0.476. The van der Waals surface area contributed by atoms with Crippen LogP contribution in [0.5, 0.6) is 0 Å². The summed E-state index contributed by atoms with van der Waals surface area (Å²) in [5, 5.41) is 6.86. The lowest BCUT2D eigenvalue weighted by molar-refractivity contribution is -0.141. The lowest BCUT2D eigenvalue weighted by atomic mass is 9.96. The highest BCUT2D eigenvalue weighted by Crippen LogP contribution is 2.23. The maximum absolute atomic E-state index is 12.7. The van der Waals surface area contributed by atoms with E-state index in [1.165, 1.54) is 0 Å². The predicted molar refractivity (Wildman–Crippen MR) is 112 cm³/mol. The third-order valence-electron chi connectivity index (χ3n) is 5.43. The second-order valence-electron chi connectivity index (χ2n) is 7.48. The molecule has 2 aromatic rings. The first-order chi connectivity index (χ1) is 14.2. The molecule has 2 fully saturated rings. The molecule has 0 saturated carbocycles. The quantitative estimate of drug-likeness (QED) is 0.787. The predicted octanol–water partition coefficient (Wildman–Crippen LogP) is 3.01. The van der Waals surface area contributed by atoms with Crippen molar-refractivity contribution in [3.8, 4) is 11.3 Å². The Morgan fingerprint density at radius 2 is 2.07 bits per heavy atom. The van der Waals surface area contributed by atoms with Gasteiger partial charge in [-0.15, -0.1) is 11.3 Å². The molecule has 1 aromatic heterocycles. The Labute approximate surface area is 174 Å². The normalized spacial score (nSPS) is 20.0. The molecule has 0 spiro atoms. The van der Waals surface area contributed by atoms with Crippen LogP contribution in [0, 0.1) is 5.92 Å². The molecule has 0 radical (unpaired) electrons. The Morgan fingerprint density at radius 1 is 1.21 bits per heavy atom. The molecule has 7 nitrogen and oxygen atoms in total. The molecule has 2 aliphatic heterocycles. The highest BCUT2D eigenvalue weighted by atomic mass is 32.1. The van der Waals surface area contributed by atoms with Gasteiger partial charge in [0.1, 0.15) is 0 Å². The lowest BCUT2D eigenvalue weighted by Crippen LogP contribution is -2.44. The number of nitrogens with one attached hydrogen (secondary N) is 1. The topological polar surface area (TPSA) is 74.8 Å². The molecular weight excluding hydrogens is 388 g/mol. The van der Waals surface area contributed by atoms with Crippen molar-refractivity contribution in [2.24, 2.45) is 5.92 Å². The summed E-state index contributed by atoms with van der Waals surface area (Å²) in [5.41, 5.74) is 4.54. The first kappa shape index (κ1) is 20.0. The minimum atomic E-state index is -0.172. The number of carbonyl (C=O) groups is 2. The number of amides is 2. The highest BCUT2D eigenvalue weighted by Gasteiger charge is 2.28. The molecule has 154 valence electrons. The van der Waals surface area contributed by atoms with Gasteiger partial charge in [0.15, 0.2) is 0 Å². The summed E-state index contributed by atoms with van der Waals surface area (Å²) in [6.45, 7) is 3.47. The number of rotatable bonds is 6. The van der Waals surface area contributed by atoms with Crippen molar-refractivity contribution in [2.75, 3.05) is 38.1 Å². The third-order valence-corrected chi connectivity index (χ3v) is 6.01. The highest BCUT2D eigenvalue weighted by molar-refractivity contribution is 7.07. The Hall–Kier alpha value is -2.29. The van der Waals surface area contributed by atoms with E-state index in [0.717, 1.165) is 55.9 Å². The minimum absolute atomic E-state index is 0.0215. The molecule has 1 aromatic carbocycles. The molecule has 2 saturated heterocycles. The summed E-state index contributed by atoms with van der Waals surface area (Å²) in [5.74, 6) is -0.0913. The van der Waals surface area contributed by atoms with Crippen LogP contribution in [-0.2, 0) is 14.4 Å². The Morgan fingerprint density at radius 3 is 2.79 bits per heavy atom. The van der Waals surface area contributed by atoms with Gasteiger partial charge in [0.25, 0.3) is 0 Å². The zero-order valence-electron chi connectivity index (χ0n) is 16.4. The Balaban J connectivity index is 1.28. The molecule has 4 rings (SSSR count). The second-order valence-corrected chi connectivity index (χ2v) is 8.20. The van der Waals surface area contributed by atoms with E-state index in [1.807, 2.05) is 39.6 Å². The summed E-state index contributed by atoms with van der Waals surface area (Å²) in [6.07, 6.45) is 3.12. The molecule has 0 aliphatic carbocycles. The van der Waals surface area contributed by atoms with Gasteiger partial charge in [-0.2, -0.15) is 5.06 Å². The lowest BCUT2D eigenvalue weighted by Gasteiger charge is -2.32. The van der Waals surface area contributed by atoms with E-state index in [4.69, 9.17) is 4.84 Å². The summed E-state index contributed by atoms with van der Waals surface area (Å²) >= 11 is 1.56. The number of aromatic nitrogens is 1. The van der Waals surface area contributed by atoms with E-state index < -0.39 is 0 Å². The zero-order chi connectivity index (χ0) is 20.1. The molecule has 1 N–H and O–H groups in total. The first-order valence-electron chi connectivity index (χ1n) is 10.1. The van der Waals surface area contributed by atoms with E-state index in [-0.39, 0.29) is 17.7 Å². The number of likely N-dealkylation sites (tertiary alicyclic amines) is 1. The number of carbonyl (C=O) groups excluding carboxylic acids is 2. The van der Waals surface area contributed by atoms with Gasteiger partial charge >= 0.3 is 0 Å². The Bertz CT molecular complexity index is 819. The number of nitrogens with zero attached hydrogens (tertiary/aromatic N) is 3. The third kappa shape index (κ3) is 5.20. The molecule has 0 bridgehead atoms. The average molecular weight is 415 g/mol. The standard InChI is InChI=1S/C21H26N4O3S/c26-20(8-11-25-10-2-12-28-25)24-9-1-3-17(13-24)21(27)23-18-6-4-16(5-7-18)19-14-29-15-22-19/h4-7,14-15,17H,1-3,8-13H2,(H,23,27)/t17-/m0/s1. The summed E-state index contributed by atoms with van der Waals surface area (Å²) in [4.78, 5) is 36.8. The van der Waals surface area contributed by atoms with Crippen molar-refractivity contribution in [3.63, 3.8) is 0 Å². The smallest absolute Gasteiger partial charge is 0.229 e. The molecule has 1 atom stereocenters. The number of anilines is 1. The SMILES string of the molecule is O=C(Nc1ccc(-c2cscn2)cc1)[C@H]1CCCN(C(=O)CCN2CCCO2)C1. The van der Waals surface area contributed by atoms with Crippen molar-refractivity contribution < 1.29 is 14.4 Å². The van der Waals surface area contributed by atoms with Crippen molar-refractivity contribution in [1.29, 1.82) is 0 Å². The monoisotopic (exact) mass is 414 g/mol. The minimum Gasteiger partial charge on any atom is -0.342 e. The zero-order valence-corrected chi connectivity index (χ0v) is 17.2. The van der Waals surface area contributed by atoms with Gasteiger partial charge in [-0.1, -0.05) is 12.1 Å². The number of hydroxylamine groups is 2. The van der Waals surface area contributed by atoms with Crippen molar-refractivity contribution >= 4 is 28.8 Å². The maximum Gasteiger partial charge on any atom is 0.229 e. The second kappa shape index (κ2) is 9.47. The van der Waals surface area contributed by atoms with Crippen LogP contribution in [0.1, 0.15) is 25.7 Å². The van der Waals surface area contributed by atoms with Crippen LogP contribution in [0.2, 0.25) is 0 Å². The number of thiazole rings is 1. The number of hydrogen-bond acceptors (Lipinski definition) is 6. The molecule has 0 unspecified atom stereocenters. The van der Waals surface area contributed by atoms with Crippen LogP contribution in [0.4, 0.5) is 5.69 Å². The van der Waals surface area contributed by atoms with Crippen molar-refractivity contribution in [3.05, 3.63) is 35.2 Å². The number of benzene rings is 1. The van der Waals surface area contributed by atoms with Crippen LogP contribution in [0.25, 0.3) is 11.3 Å².